The maximum Gasteiger partial charge on any atom is 0.326 e. The Morgan fingerprint density at radius 3 is 2.53 bits per heavy atom. The van der Waals surface area contributed by atoms with Crippen LogP contribution in [0.2, 0.25) is 0 Å². The summed E-state index contributed by atoms with van der Waals surface area (Å²) in [6, 6.07) is 6.70. The number of rotatable bonds is 10. The number of ether oxygens (including phenoxy) is 1. The van der Waals surface area contributed by atoms with Crippen molar-refractivity contribution in [1.82, 2.24) is 20.0 Å². The van der Waals surface area contributed by atoms with Crippen LogP contribution in [0.5, 0.6) is 5.75 Å². The van der Waals surface area contributed by atoms with E-state index in [1.165, 1.54) is 14.7 Å². The van der Waals surface area contributed by atoms with E-state index in [-0.39, 0.29) is 55.9 Å². The number of imide groups is 1. The zero-order chi connectivity index (χ0) is 22.3. The van der Waals surface area contributed by atoms with Crippen molar-refractivity contribution >= 4 is 23.8 Å². The van der Waals surface area contributed by atoms with E-state index >= 15 is 0 Å². The molecule has 1 heterocycles. The predicted octanol–water partition coefficient (Wildman–Crippen LogP) is 1.40. The molecule has 0 spiro atoms. The molecule has 0 aromatic heterocycles. The van der Waals surface area contributed by atoms with E-state index in [9.17, 15) is 19.2 Å². The number of hydrogen-bond acceptors (Lipinski definition) is 5. The highest BCUT2D eigenvalue weighted by atomic mass is 16.5. The summed E-state index contributed by atoms with van der Waals surface area (Å²) in [5.74, 6) is -0.0177. The first-order valence-electron chi connectivity index (χ1n) is 10.0. The van der Waals surface area contributed by atoms with Crippen molar-refractivity contribution in [3.05, 3.63) is 29.8 Å². The fourth-order valence-corrected chi connectivity index (χ4v) is 3.12. The Morgan fingerprint density at radius 1 is 1.23 bits per heavy atom. The summed E-state index contributed by atoms with van der Waals surface area (Å²) in [6.07, 6.45) is 1.23. The van der Waals surface area contributed by atoms with Crippen LogP contribution in [0, 0.1) is 0 Å². The van der Waals surface area contributed by atoms with Crippen LogP contribution in [0.4, 0.5) is 4.79 Å². The summed E-state index contributed by atoms with van der Waals surface area (Å²) in [6.45, 7) is 2.17. The van der Waals surface area contributed by atoms with Gasteiger partial charge in [0.15, 0.2) is 6.61 Å². The molecule has 9 nitrogen and oxygen atoms in total. The van der Waals surface area contributed by atoms with E-state index in [4.69, 9.17) is 4.74 Å². The van der Waals surface area contributed by atoms with Gasteiger partial charge in [-0.25, -0.2) is 4.79 Å². The lowest BCUT2D eigenvalue weighted by atomic mass is 10.0. The molecule has 0 radical (unpaired) electrons. The third kappa shape index (κ3) is 5.95. The molecule has 1 fully saturated rings. The zero-order valence-corrected chi connectivity index (χ0v) is 18.0. The number of nitrogens with zero attached hydrogens (tertiary/aromatic N) is 3. The monoisotopic (exact) mass is 418 g/mol. The summed E-state index contributed by atoms with van der Waals surface area (Å²) < 4.78 is 5.68. The summed E-state index contributed by atoms with van der Waals surface area (Å²) in [5, 5.41) is 2.98. The summed E-state index contributed by atoms with van der Waals surface area (Å²) in [5.41, 5.74) is 0.798. The minimum atomic E-state index is -0.329. The Balaban J connectivity index is 1.92. The average Bonchev–Trinajstić information content (AvgIpc) is 2.96. The molecule has 0 bridgehead atoms. The van der Waals surface area contributed by atoms with Gasteiger partial charge in [-0.2, -0.15) is 0 Å². The third-order valence-electron chi connectivity index (χ3n) is 4.90. The molecule has 1 aliphatic rings. The Hall–Kier alpha value is -3.10. The molecular weight excluding hydrogens is 388 g/mol. The van der Waals surface area contributed by atoms with Crippen molar-refractivity contribution in [3.63, 3.8) is 0 Å². The van der Waals surface area contributed by atoms with Crippen LogP contribution in [-0.4, -0.2) is 79.3 Å². The Morgan fingerprint density at radius 2 is 1.93 bits per heavy atom. The topological polar surface area (TPSA) is 99.3 Å². The number of carbonyl (C=O) groups is 4. The number of carbonyl (C=O) groups excluding carboxylic acids is 4. The van der Waals surface area contributed by atoms with Gasteiger partial charge in [0.2, 0.25) is 11.8 Å². The molecule has 1 saturated heterocycles. The van der Waals surface area contributed by atoms with Crippen molar-refractivity contribution < 1.29 is 23.9 Å². The van der Waals surface area contributed by atoms with Crippen LogP contribution in [-0.2, 0) is 14.4 Å². The lowest BCUT2D eigenvalue weighted by molar-refractivity contribution is -0.131. The summed E-state index contributed by atoms with van der Waals surface area (Å²) >= 11 is 0. The van der Waals surface area contributed by atoms with Gasteiger partial charge in [0.25, 0.3) is 5.91 Å². The van der Waals surface area contributed by atoms with Crippen LogP contribution in [0.3, 0.4) is 0 Å². The van der Waals surface area contributed by atoms with Gasteiger partial charge in [-0.15, -0.1) is 0 Å². The van der Waals surface area contributed by atoms with Gasteiger partial charge in [0.1, 0.15) is 12.3 Å². The number of amides is 5. The van der Waals surface area contributed by atoms with Crippen LogP contribution < -0.4 is 10.1 Å². The largest absolute Gasteiger partial charge is 0.483 e. The first-order valence-corrected chi connectivity index (χ1v) is 10.0. The molecule has 164 valence electrons. The molecule has 1 aromatic rings. The van der Waals surface area contributed by atoms with Crippen molar-refractivity contribution in [2.24, 2.45) is 0 Å². The van der Waals surface area contributed by atoms with Crippen molar-refractivity contribution in [3.8, 4) is 5.75 Å². The number of para-hydroxylation sites is 1. The molecule has 1 atom stereocenters. The van der Waals surface area contributed by atoms with E-state index < -0.39 is 0 Å². The highest BCUT2D eigenvalue weighted by Crippen LogP contribution is 2.27. The van der Waals surface area contributed by atoms with Crippen LogP contribution in [0.15, 0.2) is 24.3 Å². The second-order valence-corrected chi connectivity index (χ2v) is 7.43. The van der Waals surface area contributed by atoms with Gasteiger partial charge in [0.05, 0.1) is 6.04 Å². The number of nitrogens with one attached hydrogen (secondary N) is 1. The zero-order valence-electron chi connectivity index (χ0n) is 18.0. The number of benzene rings is 1. The maximum absolute atomic E-state index is 12.4. The van der Waals surface area contributed by atoms with Crippen molar-refractivity contribution in [1.29, 1.82) is 0 Å². The molecule has 9 heteroatoms. The van der Waals surface area contributed by atoms with E-state index in [1.807, 2.05) is 25.1 Å². The van der Waals surface area contributed by atoms with Crippen LogP contribution in [0.1, 0.15) is 37.8 Å². The Labute approximate surface area is 176 Å². The molecular formula is C21H30N4O5. The second-order valence-electron chi connectivity index (χ2n) is 7.43. The van der Waals surface area contributed by atoms with Gasteiger partial charge in [-0.3, -0.25) is 19.3 Å². The Kier molecular flexibility index (Phi) is 8.20. The maximum atomic E-state index is 12.4. The average molecular weight is 418 g/mol. The summed E-state index contributed by atoms with van der Waals surface area (Å²) in [7, 11) is 4.90. The first kappa shape index (κ1) is 23.2. The lowest BCUT2D eigenvalue weighted by Crippen LogP contribution is -2.34. The number of urea groups is 1. The number of hydrogen-bond donors (Lipinski definition) is 1. The molecule has 1 aromatic carbocycles. The van der Waals surface area contributed by atoms with Gasteiger partial charge in [0, 0.05) is 39.7 Å². The van der Waals surface area contributed by atoms with Crippen molar-refractivity contribution in [2.75, 3.05) is 40.8 Å². The van der Waals surface area contributed by atoms with E-state index in [2.05, 4.69) is 5.32 Å². The molecule has 30 heavy (non-hydrogen) atoms. The summed E-state index contributed by atoms with van der Waals surface area (Å²) in [4.78, 5) is 51.9. The molecule has 1 aliphatic heterocycles. The third-order valence-corrected chi connectivity index (χ3v) is 4.90. The molecule has 0 aliphatic carbocycles. The van der Waals surface area contributed by atoms with Gasteiger partial charge in [-0.1, -0.05) is 25.1 Å². The van der Waals surface area contributed by atoms with Gasteiger partial charge in [-0.05, 0) is 18.9 Å². The quantitative estimate of drug-likeness (QED) is 0.579. The van der Waals surface area contributed by atoms with Crippen molar-refractivity contribution in [2.45, 2.75) is 32.2 Å². The standard InChI is InChI=1S/C21H30N4O5/c1-5-16(15-9-6-7-10-17(15)30-14-20(28)23(2)3)22-18(26)11-8-12-25-19(27)13-24(4)21(25)29/h6-7,9-10,16H,5,8,11-14H2,1-4H3,(H,22,26). The SMILES string of the molecule is CCC(NC(=O)CCCN1C(=O)CN(C)C1=O)c1ccccc1OCC(=O)N(C)C. The normalized spacial score (nSPS) is 14.7. The molecule has 5 amide bonds. The van der Waals surface area contributed by atoms with Crippen LogP contribution >= 0.6 is 0 Å². The van der Waals surface area contributed by atoms with Gasteiger partial charge < -0.3 is 19.9 Å². The molecule has 1 N–H and O–H groups in total. The fourth-order valence-electron chi connectivity index (χ4n) is 3.12. The fraction of sp³-hybridized carbons (Fsp3) is 0.524. The van der Waals surface area contributed by atoms with E-state index in [1.54, 1.807) is 27.2 Å². The highest BCUT2D eigenvalue weighted by molar-refractivity contribution is 6.01. The molecule has 1 unspecified atom stereocenters. The number of likely N-dealkylation sites (N-methyl/N-ethyl adjacent to an activating group) is 2. The minimum Gasteiger partial charge on any atom is -0.483 e. The second kappa shape index (κ2) is 10.6. The minimum absolute atomic E-state index is 0.0794. The molecule has 0 saturated carbocycles. The first-order chi connectivity index (χ1) is 14.2. The predicted molar refractivity (Wildman–Crippen MR) is 111 cm³/mol. The lowest BCUT2D eigenvalue weighted by Gasteiger charge is -2.21. The smallest absolute Gasteiger partial charge is 0.326 e. The van der Waals surface area contributed by atoms with E-state index in [0.717, 1.165) is 5.56 Å². The Bertz CT molecular complexity index is 795. The van der Waals surface area contributed by atoms with Gasteiger partial charge >= 0.3 is 6.03 Å². The molecule has 2 rings (SSSR count). The van der Waals surface area contributed by atoms with E-state index in [0.29, 0.717) is 18.6 Å². The van der Waals surface area contributed by atoms with Crippen LogP contribution in [0.25, 0.3) is 0 Å². The highest BCUT2D eigenvalue weighted by Gasteiger charge is 2.32.